The highest BCUT2D eigenvalue weighted by molar-refractivity contribution is 7.54. The summed E-state index contributed by atoms with van der Waals surface area (Å²) in [5, 5.41) is 8.50. The van der Waals surface area contributed by atoms with Gasteiger partial charge in [-0.2, -0.15) is 0 Å². The number of nitrogens with one attached hydrogen (secondary N) is 1. The fourth-order valence-corrected chi connectivity index (χ4v) is 3.53. The van der Waals surface area contributed by atoms with Crippen molar-refractivity contribution in [3.63, 3.8) is 0 Å². The summed E-state index contributed by atoms with van der Waals surface area (Å²) >= 11 is 0. The van der Waals surface area contributed by atoms with Crippen LogP contribution in [0, 0.1) is 0 Å². The summed E-state index contributed by atoms with van der Waals surface area (Å²) in [5.41, 5.74) is 1.54. The van der Waals surface area contributed by atoms with Gasteiger partial charge in [-0.3, -0.25) is 10.0 Å². The average Bonchev–Trinajstić information content (AvgIpc) is 2.56. The Balaban J connectivity index is 2.09. The third-order valence-corrected chi connectivity index (χ3v) is 4.78. The molecule has 2 rings (SSSR count). The van der Waals surface area contributed by atoms with E-state index in [2.05, 4.69) is 0 Å². The van der Waals surface area contributed by atoms with Crippen molar-refractivity contribution in [2.24, 2.45) is 0 Å². The Kier molecular flexibility index (Phi) is 6.20. The zero-order chi connectivity index (χ0) is 16.5. The molecule has 6 nitrogen and oxygen atoms in total. The molecule has 0 spiro atoms. The maximum atomic E-state index is 13.0. The number of amides is 1. The molecule has 0 radical (unpaired) electrons. The van der Waals surface area contributed by atoms with Crippen molar-refractivity contribution in [1.29, 1.82) is 0 Å². The minimum Gasteiger partial charge on any atom is -0.416 e. The first-order valence-electron chi connectivity index (χ1n) is 7.12. The van der Waals surface area contributed by atoms with E-state index < -0.39 is 13.5 Å². The van der Waals surface area contributed by atoms with Gasteiger partial charge in [0.2, 0.25) is 5.91 Å². The van der Waals surface area contributed by atoms with E-state index in [4.69, 9.17) is 14.3 Å². The van der Waals surface area contributed by atoms with Crippen molar-refractivity contribution >= 4 is 13.5 Å². The Morgan fingerprint density at radius 2 is 1.43 bits per heavy atom. The lowest BCUT2D eigenvalue weighted by molar-refractivity contribution is -0.129. The lowest BCUT2D eigenvalue weighted by atomic mass is 10.3. The van der Waals surface area contributed by atoms with Crippen LogP contribution < -0.4 is 14.5 Å². The monoisotopic (exact) mass is 335 g/mol. The Morgan fingerprint density at radius 3 is 1.87 bits per heavy atom. The van der Waals surface area contributed by atoms with Gasteiger partial charge < -0.3 is 9.05 Å². The first kappa shape index (κ1) is 17.1. The van der Waals surface area contributed by atoms with Gasteiger partial charge in [0, 0.05) is 6.42 Å². The van der Waals surface area contributed by atoms with Gasteiger partial charge in [-0.1, -0.05) is 36.4 Å². The fraction of sp³-hybridized carbons (Fsp3) is 0.188. The summed E-state index contributed by atoms with van der Waals surface area (Å²) in [6.45, 7) is 0. The Labute approximate surface area is 134 Å². The van der Waals surface area contributed by atoms with E-state index in [1.807, 2.05) is 12.1 Å². The fourth-order valence-electron chi connectivity index (χ4n) is 1.88. The number of hydrogen-bond acceptors (Lipinski definition) is 5. The van der Waals surface area contributed by atoms with Crippen LogP contribution in [0.15, 0.2) is 60.7 Å². The van der Waals surface area contributed by atoms with Crippen molar-refractivity contribution < 1.29 is 23.6 Å². The van der Waals surface area contributed by atoms with Crippen molar-refractivity contribution in [2.75, 3.05) is 6.16 Å². The van der Waals surface area contributed by atoms with E-state index in [1.165, 1.54) is 0 Å². The maximum absolute atomic E-state index is 13.0. The number of para-hydroxylation sites is 2. The van der Waals surface area contributed by atoms with Crippen LogP contribution in [0.3, 0.4) is 0 Å². The summed E-state index contributed by atoms with van der Waals surface area (Å²) in [5.74, 6) is 0.313. The van der Waals surface area contributed by atoms with Crippen LogP contribution >= 0.6 is 7.60 Å². The summed E-state index contributed by atoms with van der Waals surface area (Å²) in [6.07, 6.45) is 0.324. The topological polar surface area (TPSA) is 84.9 Å². The molecule has 2 N–H and O–H groups in total. The van der Waals surface area contributed by atoms with Crippen molar-refractivity contribution in [3.05, 3.63) is 60.7 Å². The first-order chi connectivity index (χ1) is 11.1. The average molecular weight is 335 g/mol. The molecule has 0 aliphatic heterocycles. The van der Waals surface area contributed by atoms with Gasteiger partial charge in [-0.25, -0.2) is 10.0 Å². The Morgan fingerprint density at radius 1 is 0.957 bits per heavy atom. The van der Waals surface area contributed by atoms with Crippen LogP contribution in [0.25, 0.3) is 0 Å². The molecule has 0 aliphatic carbocycles. The highest BCUT2D eigenvalue weighted by Crippen LogP contribution is 2.49. The number of carbonyl (C=O) groups is 1. The molecule has 1 amide bonds. The van der Waals surface area contributed by atoms with Crippen LogP contribution in [0.5, 0.6) is 11.5 Å². The van der Waals surface area contributed by atoms with Gasteiger partial charge in [0.1, 0.15) is 11.5 Å². The van der Waals surface area contributed by atoms with E-state index in [0.29, 0.717) is 11.5 Å². The number of carbonyl (C=O) groups excluding carboxylic acids is 1. The second kappa shape index (κ2) is 8.36. The molecule has 0 saturated carbocycles. The van der Waals surface area contributed by atoms with E-state index in [1.54, 1.807) is 54.0 Å². The molecular formula is C16H18NO5P. The first-order valence-corrected chi connectivity index (χ1v) is 8.85. The summed E-state index contributed by atoms with van der Waals surface area (Å²) < 4.78 is 24.1. The predicted octanol–water partition coefficient (Wildman–Crippen LogP) is 3.62. The number of benzene rings is 2. The van der Waals surface area contributed by atoms with E-state index in [0.717, 1.165) is 0 Å². The number of hydrogen-bond donors (Lipinski definition) is 2. The molecule has 0 fully saturated rings. The predicted molar refractivity (Wildman–Crippen MR) is 85.8 cm³/mol. The molecule has 0 saturated heterocycles. The molecule has 7 heteroatoms. The second-order valence-electron chi connectivity index (χ2n) is 4.78. The van der Waals surface area contributed by atoms with Gasteiger partial charge >= 0.3 is 7.60 Å². The molecule has 23 heavy (non-hydrogen) atoms. The normalized spacial score (nSPS) is 10.8. The summed E-state index contributed by atoms with van der Waals surface area (Å²) in [6, 6.07) is 17.4. The number of hydroxylamine groups is 1. The summed E-state index contributed by atoms with van der Waals surface area (Å²) in [7, 11) is -3.49. The molecule has 2 aromatic rings. The smallest absolute Gasteiger partial charge is 0.416 e. The minimum atomic E-state index is -3.49. The van der Waals surface area contributed by atoms with Crippen LogP contribution in [0.2, 0.25) is 0 Å². The zero-order valence-corrected chi connectivity index (χ0v) is 13.3. The van der Waals surface area contributed by atoms with Crippen LogP contribution in [0.1, 0.15) is 12.8 Å². The molecule has 0 unspecified atom stereocenters. The van der Waals surface area contributed by atoms with E-state index in [9.17, 15) is 9.36 Å². The highest BCUT2D eigenvalue weighted by atomic mass is 31.2. The van der Waals surface area contributed by atoms with E-state index >= 15 is 0 Å². The molecular weight excluding hydrogens is 317 g/mol. The number of rotatable bonds is 8. The lowest BCUT2D eigenvalue weighted by Crippen LogP contribution is -2.18. The molecule has 0 aromatic heterocycles. The van der Waals surface area contributed by atoms with Gasteiger partial charge in [-0.15, -0.1) is 0 Å². The van der Waals surface area contributed by atoms with Crippen LogP contribution in [-0.2, 0) is 9.36 Å². The molecule has 122 valence electrons. The van der Waals surface area contributed by atoms with Crippen molar-refractivity contribution in [3.8, 4) is 11.5 Å². The molecule has 0 aliphatic rings. The highest BCUT2D eigenvalue weighted by Gasteiger charge is 2.28. The molecule has 0 atom stereocenters. The lowest BCUT2D eigenvalue weighted by Gasteiger charge is -2.20. The SMILES string of the molecule is O=C(CCCP(=O)(Oc1ccccc1)Oc1ccccc1)NO. The molecule has 2 aromatic carbocycles. The minimum absolute atomic E-state index is 0.0246. The van der Waals surface area contributed by atoms with Gasteiger partial charge in [0.05, 0.1) is 6.16 Å². The van der Waals surface area contributed by atoms with Gasteiger partial charge in [0.15, 0.2) is 0 Å². The second-order valence-corrected chi connectivity index (χ2v) is 6.82. The molecule has 0 bridgehead atoms. The van der Waals surface area contributed by atoms with Gasteiger partial charge in [-0.05, 0) is 30.7 Å². The third kappa shape index (κ3) is 5.77. The zero-order valence-electron chi connectivity index (χ0n) is 12.4. The van der Waals surface area contributed by atoms with Gasteiger partial charge in [0.25, 0.3) is 0 Å². The summed E-state index contributed by atoms with van der Waals surface area (Å²) in [4.78, 5) is 11.1. The largest absolute Gasteiger partial charge is 0.430 e. The molecule has 0 heterocycles. The quantitative estimate of drug-likeness (QED) is 0.437. The third-order valence-electron chi connectivity index (χ3n) is 2.94. The van der Waals surface area contributed by atoms with Crippen LogP contribution in [0.4, 0.5) is 0 Å². The van der Waals surface area contributed by atoms with E-state index in [-0.39, 0.29) is 19.0 Å². The van der Waals surface area contributed by atoms with Crippen LogP contribution in [-0.4, -0.2) is 17.3 Å². The maximum Gasteiger partial charge on any atom is 0.430 e. The Bertz CT molecular complexity index is 617. The van der Waals surface area contributed by atoms with Crippen molar-refractivity contribution in [1.82, 2.24) is 5.48 Å². The van der Waals surface area contributed by atoms with Crippen molar-refractivity contribution in [2.45, 2.75) is 12.8 Å². The Hall–Kier alpha value is -2.30. The standard InChI is InChI=1S/C16H18NO5P/c18-16(17-19)12-7-13-23(20,21-14-8-3-1-4-9-14)22-15-10-5-2-6-11-15/h1-6,8-11,19H,7,12-13H2,(H,17,18).